The third kappa shape index (κ3) is 4.33. The van der Waals surface area contributed by atoms with Gasteiger partial charge in [-0.1, -0.05) is 115 Å². The van der Waals surface area contributed by atoms with E-state index in [1.54, 1.807) is 0 Å². The second kappa shape index (κ2) is 11.8. The summed E-state index contributed by atoms with van der Waals surface area (Å²) in [5.41, 5.74) is 11.8. The molecule has 0 saturated carbocycles. The van der Waals surface area contributed by atoms with Crippen molar-refractivity contribution in [3.8, 4) is 40.3 Å². The Balaban J connectivity index is 1.11. The van der Waals surface area contributed by atoms with Crippen LogP contribution in [-0.4, -0.2) is 13.7 Å². The van der Waals surface area contributed by atoms with Gasteiger partial charge in [-0.3, -0.25) is 0 Å². The van der Waals surface area contributed by atoms with E-state index in [4.69, 9.17) is 0 Å². The SMILES string of the molecule is N#Cc1ccc(-c2ccc(-n3c4ccccc4c4c(-n5c6ccccc6c6ccccc65)cccc43)cc2)c(C#N)c1-n1c2ccccc2c2ccccc21. The molecule has 0 saturated heterocycles. The Kier molecular flexibility index (Phi) is 6.61. The predicted octanol–water partition coefficient (Wildman–Crippen LogP) is 12.4. The van der Waals surface area contributed by atoms with Gasteiger partial charge in [0, 0.05) is 43.6 Å². The van der Waals surface area contributed by atoms with E-state index in [0.29, 0.717) is 16.8 Å². The lowest BCUT2D eigenvalue weighted by Gasteiger charge is -2.16. The van der Waals surface area contributed by atoms with E-state index in [0.717, 1.165) is 55.3 Å². The zero-order valence-corrected chi connectivity index (χ0v) is 29.5. The molecule has 0 fully saturated rings. The molecule has 0 N–H and O–H groups in total. The summed E-state index contributed by atoms with van der Waals surface area (Å²) in [6, 6.07) is 65.9. The van der Waals surface area contributed by atoms with E-state index in [9.17, 15) is 10.5 Å². The molecule has 0 radical (unpaired) electrons. The van der Waals surface area contributed by atoms with Crippen LogP contribution >= 0.6 is 0 Å². The van der Waals surface area contributed by atoms with Crippen molar-refractivity contribution < 1.29 is 0 Å². The lowest BCUT2D eigenvalue weighted by atomic mass is 9.95. The van der Waals surface area contributed by atoms with Crippen LogP contribution in [0, 0.1) is 22.7 Å². The molecule has 5 heteroatoms. The number of aromatic nitrogens is 3. The van der Waals surface area contributed by atoms with Crippen LogP contribution in [0.3, 0.4) is 0 Å². The van der Waals surface area contributed by atoms with Gasteiger partial charge in [0.15, 0.2) is 0 Å². The second-order valence-electron chi connectivity index (χ2n) is 13.9. The number of nitrogens with zero attached hydrogens (tertiary/aromatic N) is 5. The number of rotatable bonds is 4. The molecule has 0 aliphatic heterocycles. The van der Waals surface area contributed by atoms with Crippen molar-refractivity contribution in [2.24, 2.45) is 0 Å². The molecule has 5 nitrogen and oxygen atoms in total. The molecular formula is C50H29N5. The minimum Gasteiger partial charge on any atom is -0.309 e. The van der Waals surface area contributed by atoms with Crippen LogP contribution in [0.2, 0.25) is 0 Å². The molecule has 3 aromatic heterocycles. The van der Waals surface area contributed by atoms with Crippen LogP contribution in [0.1, 0.15) is 11.1 Å². The zero-order chi connectivity index (χ0) is 36.6. The maximum Gasteiger partial charge on any atom is 0.102 e. The molecule has 0 spiro atoms. The number of fused-ring (bicyclic) bond motifs is 9. The number of benzene rings is 8. The van der Waals surface area contributed by atoms with Crippen LogP contribution in [0.15, 0.2) is 176 Å². The lowest BCUT2D eigenvalue weighted by molar-refractivity contribution is 1.15. The minimum absolute atomic E-state index is 0.452. The Morgan fingerprint density at radius 2 is 0.836 bits per heavy atom. The third-order valence-corrected chi connectivity index (χ3v) is 11.1. The number of nitriles is 2. The Morgan fingerprint density at radius 1 is 0.364 bits per heavy atom. The van der Waals surface area contributed by atoms with Gasteiger partial charge in [0.05, 0.1) is 55.6 Å². The first kappa shape index (κ1) is 30.7. The van der Waals surface area contributed by atoms with Crippen LogP contribution in [0.4, 0.5) is 0 Å². The Hall–Kier alpha value is -7.86. The van der Waals surface area contributed by atoms with Gasteiger partial charge in [-0.15, -0.1) is 0 Å². The smallest absolute Gasteiger partial charge is 0.102 e. The second-order valence-corrected chi connectivity index (χ2v) is 13.9. The molecule has 254 valence electrons. The molecule has 3 heterocycles. The third-order valence-electron chi connectivity index (χ3n) is 11.1. The molecule has 0 aliphatic carbocycles. The molecule has 11 aromatic rings. The average molecular weight is 700 g/mol. The van der Waals surface area contributed by atoms with Gasteiger partial charge in [0.25, 0.3) is 0 Å². The quantitative estimate of drug-likeness (QED) is 0.184. The molecule has 0 amide bonds. The summed E-state index contributed by atoms with van der Waals surface area (Å²) in [6.45, 7) is 0. The van der Waals surface area contributed by atoms with Gasteiger partial charge in [0.2, 0.25) is 0 Å². The highest BCUT2D eigenvalue weighted by molar-refractivity contribution is 6.16. The van der Waals surface area contributed by atoms with Crippen molar-refractivity contribution in [1.29, 1.82) is 10.5 Å². The first-order chi connectivity index (χ1) is 27.2. The highest BCUT2D eigenvalue weighted by atomic mass is 15.0. The highest BCUT2D eigenvalue weighted by Gasteiger charge is 2.22. The molecule has 0 bridgehead atoms. The van der Waals surface area contributed by atoms with E-state index in [1.165, 1.54) is 32.6 Å². The molecule has 0 atom stereocenters. The summed E-state index contributed by atoms with van der Waals surface area (Å²) >= 11 is 0. The fourth-order valence-corrected chi connectivity index (χ4v) is 8.87. The summed E-state index contributed by atoms with van der Waals surface area (Å²) in [4.78, 5) is 0. The Bertz CT molecular complexity index is 3350. The zero-order valence-electron chi connectivity index (χ0n) is 29.5. The van der Waals surface area contributed by atoms with E-state index in [-0.39, 0.29) is 0 Å². The van der Waals surface area contributed by atoms with E-state index in [1.807, 2.05) is 36.4 Å². The van der Waals surface area contributed by atoms with Crippen molar-refractivity contribution in [1.82, 2.24) is 13.7 Å². The summed E-state index contributed by atoms with van der Waals surface area (Å²) in [7, 11) is 0. The predicted molar refractivity (Wildman–Crippen MR) is 224 cm³/mol. The maximum absolute atomic E-state index is 10.8. The topological polar surface area (TPSA) is 62.4 Å². The van der Waals surface area contributed by atoms with Crippen molar-refractivity contribution in [3.63, 3.8) is 0 Å². The normalized spacial score (nSPS) is 11.6. The van der Waals surface area contributed by atoms with Gasteiger partial charge in [0.1, 0.15) is 12.1 Å². The van der Waals surface area contributed by atoms with Crippen LogP contribution in [-0.2, 0) is 0 Å². The Morgan fingerprint density at radius 3 is 1.36 bits per heavy atom. The Labute approximate surface area is 316 Å². The van der Waals surface area contributed by atoms with Gasteiger partial charge in [-0.25, -0.2) is 0 Å². The molecule has 55 heavy (non-hydrogen) atoms. The summed E-state index contributed by atoms with van der Waals surface area (Å²) in [5, 5.41) is 28.2. The first-order valence-electron chi connectivity index (χ1n) is 18.3. The summed E-state index contributed by atoms with van der Waals surface area (Å²) in [5.74, 6) is 0. The summed E-state index contributed by atoms with van der Waals surface area (Å²) < 4.78 is 6.81. The number of hydrogen-bond donors (Lipinski definition) is 0. The van der Waals surface area contributed by atoms with Crippen molar-refractivity contribution in [3.05, 3.63) is 187 Å². The van der Waals surface area contributed by atoms with Gasteiger partial charge in [-0.05, 0) is 66.2 Å². The first-order valence-corrected chi connectivity index (χ1v) is 18.3. The highest BCUT2D eigenvalue weighted by Crippen LogP contribution is 2.41. The van der Waals surface area contributed by atoms with Crippen LogP contribution < -0.4 is 0 Å². The maximum atomic E-state index is 10.8. The monoisotopic (exact) mass is 699 g/mol. The fraction of sp³-hybridized carbons (Fsp3) is 0. The molecule has 11 rings (SSSR count). The van der Waals surface area contributed by atoms with Gasteiger partial charge < -0.3 is 13.7 Å². The molecule has 8 aromatic carbocycles. The van der Waals surface area contributed by atoms with Crippen LogP contribution in [0.5, 0.6) is 0 Å². The van der Waals surface area contributed by atoms with Crippen LogP contribution in [0.25, 0.3) is 93.6 Å². The van der Waals surface area contributed by atoms with E-state index >= 15 is 0 Å². The molecule has 0 unspecified atom stereocenters. The summed E-state index contributed by atoms with van der Waals surface area (Å²) in [6.07, 6.45) is 0. The lowest BCUT2D eigenvalue weighted by Crippen LogP contribution is -2.03. The largest absolute Gasteiger partial charge is 0.309 e. The average Bonchev–Trinajstić information content (AvgIpc) is 3.89. The van der Waals surface area contributed by atoms with Crippen molar-refractivity contribution >= 4 is 65.4 Å². The van der Waals surface area contributed by atoms with Crippen molar-refractivity contribution in [2.75, 3.05) is 0 Å². The minimum atomic E-state index is 0.452. The van der Waals surface area contributed by atoms with Gasteiger partial charge in [-0.2, -0.15) is 10.5 Å². The molecule has 0 aliphatic rings. The van der Waals surface area contributed by atoms with E-state index < -0.39 is 0 Å². The van der Waals surface area contributed by atoms with Gasteiger partial charge >= 0.3 is 0 Å². The van der Waals surface area contributed by atoms with Crippen molar-refractivity contribution in [2.45, 2.75) is 0 Å². The number of para-hydroxylation sites is 5. The number of hydrogen-bond acceptors (Lipinski definition) is 2. The molecular weight excluding hydrogens is 671 g/mol. The van der Waals surface area contributed by atoms with E-state index in [2.05, 4.69) is 165 Å². The fourth-order valence-electron chi connectivity index (χ4n) is 8.87. The standard InChI is InChI=1S/C50H29N5/c51-30-33-26-29-35(41(31-52)50(33)55-44-19-8-3-14-38(44)39-15-4-9-20-45(39)55)32-24-27-34(28-25-32)53-46-21-10-5-16-40(46)49-47(53)22-11-23-48(49)54-42-17-6-1-12-36(42)37-13-2-7-18-43(37)54/h1-29H.